The number of amides is 1. The molecule has 0 spiro atoms. The Morgan fingerprint density at radius 1 is 1.39 bits per heavy atom. The summed E-state index contributed by atoms with van der Waals surface area (Å²) >= 11 is 0. The van der Waals surface area contributed by atoms with Gasteiger partial charge in [-0.25, -0.2) is 0 Å². The van der Waals surface area contributed by atoms with Crippen LogP contribution in [0.3, 0.4) is 0 Å². The maximum atomic E-state index is 12.3. The van der Waals surface area contributed by atoms with Crippen molar-refractivity contribution in [1.82, 2.24) is 4.90 Å². The highest BCUT2D eigenvalue weighted by atomic mass is 35.5. The number of nitrogens with zero attached hydrogens (tertiary/aromatic N) is 1. The van der Waals surface area contributed by atoms with Crippen molar-refractivity contribution in [1.29, 1.82) is 0 Å². The van der Waals surface area contributed by atoms with Crippen molar-refractivity contribution in [3.05, 3.63) is 0 Å². The van der Waals surface area contributed by atoms with Crippen LogP contribution in [0.4, 0.5) is 0 Å². The molecule has 0 radical (unpaired) electrons. The van der Waals surface area contributed by atoms with Gasteiger partial charge in [-0.2, -0.15) is 0 Å². The van der Waals surface area contributed by atoms with Crippen molar-refractivity contribution >= 4 is 18.3 Å². The van der Waals surface area contributed by atoms with Crippen molar-refractivity contribution in [2.75, 3.05) is 26.8 Å². The van der Waals surface area contributed by atoms with Gasteiger partial charge in [-0.3, -0.25) is 4.79 Å². The van der Waals surface area contributed by atoms with Gasteiger partial charge in [0.15, 0.2) is 0 Å². The summed E-state index contributed by atoms with van der Waals surface area (Å²) in [5, 5.41) is 0. The van der Waals surface area contributed by atoms with E-state index in [4.69, 9.17) is 10.5 Å². The molecule has 0 saturated heterocycles. The lowest BCUT2D eigenvalue weighted by Crippen LogP contribution is -2.38. The standard InChI is InChI=1S/C13H26N2O2.ClH/c1-3-4-7-15(8-9-17-2)13(16)11-5-6-12(14)10-11;/h11-12H,3-10,14H2,1-2H3;1H. The molecule has 0 heterocycles. The normalized spacial score (nSPS) is 22.6. The van der Waals surface area contributed by atoms with Gasteiger partial charge in [-0.1, -0.05) is 13.3 Å². The molecule has 0 aromatic rings. The molecule has 1 amide bonds. The molecular weight excluding hydrogens is 252 g/mol. The number of hydrogen-bond donors (Lipinski definition) is 1. The Hall–Kier alpha value is -0.320. The number of methoxy groups -OCH3 is 1. The third-order valence-electron chi connectivity index (χ3n) is 3.48. The summed E-state index contributed by atoms with van der Waals surface area (Å²) in [6, 6.07) is 0.222. The smallest absolute Gasteiger partial charge is 0.225 e. The molecule has 0 aliphatic heterocycles. The first-order valence-electron chi connectivity index (χ1n) is 6.72. The van der Waals surface area contributed by atoms with Gasteiger partial charge in [0.25, 0.3) is 0 Å². The Morgan fingerprint density at radius 3 is 2.61 bits per heavy atom. The molecule has 0 bridgehead atoms. The van der Waals surface area contributed by atoms with Crippen LogP contribution in [0.15, 0.2) is 0 Å². The number of unbranched alkanes of at least 4 members (excludes halogenated alkanes) is 1. The first-order valence-corrected chi connectivity index (χ1v) is 6.72. The molecule has 108 valence electrons. The number of nitrogens with two attached hydrogens (primary N) is 1. The maximum absolute atomic E-state index is 12.3. The second kappa shape index (κ2) is 9.59. The van der Waals surface area contributed by atoms with Crippen molar-refractivity contribution in [2.45, 2.75) is 45.1 Å². The van der Waals surface area contributed by atoms with Gasteiger partial charge < -0.3 is 15.4 Å². The fraction of sp³-hybridized carbons (Fsp3) is 0.923. The zero-order valence-electron chi connectivity index (χ0n) is 11.6. The van der Waals surface area contributed by atoms with Gasteiger partial charge in [0.05, 0.1) is 6.61 Å². The van der Waals surface area contributed by atoms with Gasteiger partial charge in [0.2, 0.25) is 5.91 Å². The molecule has 1 aliphatic rings. The molecule has 1 fully saturated rings. The largest absolute Gasteiger partial charge is 0.383 e. The summed E-state index contributed by atoms with van der Waals surface area (Å²) < 4.78 is 5.07. The molecule has 0 aromatic carbocycles. The minimum atomic E-state index is 0. The quantitative estimate of drug-likeness (QED) is 0.773. The van der Waals surface area contributed by atoms with Crippen LogP contribution in [0.5, 0.6) is 0 Å². The van der Waals surface area contributed by atoms with Gasteiger partial charge in [-0.05, 0) is 25.7 Å². The predicted molar refractivity (Wildman–Crippen MR) is 75.9 cm³/mol. The fourth-order valence-electron chi connectivity index (χ4n) is 2.38. The Labute approximate surface area is 117 Å². The molecule has 1 saturated carbocycles. The van der Waals surface area contributed by atoms with E-state index in [0.717, 1.165) is 38.6 Å². The molecule has 0 aromatic heterocycles. The monoisotopic (exact) mass is 278 g/mol. The summed E-state index contributed by atoms with van der Waals surface area (Å²) in [5.41, 5.74) is 5.87. The molecule has 2 N–H and O–H groups in total. The predicted octanol–water partition coefficient (Wildman–Crippen LogP) is 1.81. The van der Waals surface area contributed by atoms with Crippen LogP contribution in [-0.2, 0) is 9.53 Å². The van der Waals surface area contributed by atoms with Crippen LogP contribution in [0.2, 0.25) is 0 Å². The lowest BCUT2D eigenvalue weighted by Gasteiger charge is -2.25. The number of carbonyl (C=O) groups is 1. The topological polar surface area (TPSA) is 55.6 Å². The van der Waals surface area contributed by atoms with E-state index in [1.807, 2.05) is 4.90 Å². The molecular formula is C13H27ClN2O2. The summed E-state index contributed by atoms with van der Waals surface area (Å²) in [4.78, 5) is 14.3. The van der Waals surface area contributed by atoms with E-state index >= 15 is 0 Å². The first kappa shape index (κ1) is 17.7. The number of ether oxygens (including phenoxy) is 1. The first-order chi connectivity index (χ1) is 8.19. The summed E-state index contributed by atoms with van der Waals surface area (Å²) in [7, 11) is 1.67. The van der Waals surface area contributed by atoms with Crippen molar-refractivity contribution < 1.29 is 9.53 Å². The van der Waals surface area contributed by atoms with Crippen LogP contribution < -0.4 is 5.73 Å². The highest BCUT2D eigenvalue weighted by molar-refractivity contribution is 5.85. The number of halogens is 1. The van der Waals surface area contributed by atoms with Crippen molar-refractivity contribution in [3.63, 3.8) is 0 Å². The zero-order chi connectivity index (χ0) is 12.7. The third-order valence-corrected chi connectivity index (χ3v) is 3.48. The lowest BCUT2D eigenvalue weighted by molar-refractivity contribution is -0.136. The van der Waals surface area contributed by atoms with Gasteiger partial charge in [0, 0.05) is 32.2 Å². The van der Waals surface area contributed by atoms with E-state index in [1.54, 1.807) is 7.11 Å². The van der Waals surface area contributed by atoms with E-state index in [9.17, 15) is 4.79 Å². The molecule has 2 unspecified atom stereocenters. The lowest BCUT2D eigenvalue weighted by atomic mass is 10.1. The highest BCUT2D eigenvalue weighted by Gasteiger charge is 2.30. The summed E-state index contributed by atoms with van der Waals surface area (Å²) in [6.07, 6.45) is 4.97. The maximum Gasteiger partial charge on any atom is 0.225 e. The summed E-state index contributed by atoms with van der Waals surface area (Å²) in [6.45, 7) is 4.32. The molecule has 1 rings (SSSR count). The van der Waals surface area contributed by atoms with Gasteiger partial charge in [0.1, 0.15) is 0 Å². The third kappa shape index (κ3) is 5.55. The molecule has 2 atom stereocenters. The fourth-order valence-corrected chi connectivity index (χ4v) is 2.38. The van der Waals surface area contributed by atoms with E-state index < -0.39 is 0 Å². The second-order valence-electron chi connectivity index (χ2n) is 4.94. The minimum Gasteiger partial charge on any atom is -0.383 e. The average Bonchev–Trinajstić information content (AvgIpc) is 2.75. The summed E-state index contributed by atoms with van der Waals surface area (Å²) in [5.74, 6) is 0.433. The van der Waals surface area contributed by atoms with E-state index in [2.05, 4.69) is 6.92 Å². The van der Waals surface area contributed by atoms with Crippen LogP contribution in [0, 0.1) is 5.92 Å². The molecule has 1 aliphatic carbocycles. The van der Waals surface area contributed by atoms with Crippen molar-refractivity contribution in [3.8, 4) is 0 Å². The van der Waals surface area contributed by atoms with Gasteiger partial charge >= 0.3 is 0 Å². The Bertz CT molecular complexity index is 231. The van der Waals surface area contributed by atoms with E-state index in [-0.39, 0.29) is 30.3 Å². The molecule has 4 nitrogen and oxygen atoms in total. The SMILES string of the molecule is CCCCN(CCOC)C(=O)C1CCC(N)C1.Cl. The number of carbonyl (C=O) groups excluding carboxylic acids is 1. The average molecular weight is 279 g/mol. The number of rotatable bonds is 7. The van der Waals surface area contributed by atoms with Crippen LogP contribution in [0.25, 0.3) is 0 Å². The zero-order valence-corrected chi connectivity index (χ0v) is 12.4. The van der Waals surface area contributed by atoms with Crippen molar-refractivity contribution in [2.24, 2.45) is 11.7 Å². The second-order valence-corrected chi connectivity index (χ2v) is 4.94. The Morgan fingerprint density at radius 2 is 2.11 bits per heavy atom. The van der Waals surface area contributed by atoms with Crippen LogP contribution >= 0.6 is 12.4 Å². The number of hydrogen-bond acceptors (Lipinski definition) is 3. The highest BCUT2D eigenvalue weighted by Crippen LogP contribution is 2.26. The Balaban J connectivity index is 0.00000289. The van der Waals surface area contributed by atoms with Gasteiger partial charge in [-0.15, -0.1) is 12.4 Å². The minimum absolute atomic E-state index is 0. The van der Waals surface area contributed by atoms with E-state index in [0.29, 0.717) is 13.2 Å². The molecule has 5 heteroatoms. The van der Waals surface area contributed by atoms with Crippen LogP contribution in [-0.4, -0.2) is 43.7 Å². The van der Waals surface area contributed by atoms with E-state index in [1.165, 1.54) is 0 Å². The Kier molecular flexibility index (Phi) is 9.42. The van der Waals surface area contributed by atoms with Crippen LogP contribution in [0.1, 0.15) is 39.0 Å². The molecule has 18 heavy (non-hydrogen) atoms.